The summed E-state index contributed by atoms with van der Waals surface area (Å²) in [4.78, 5) is 8.80. The quantitative estimate of drug-likeness (QED) is 0.926. The summed E-state index contributed by atoms with van der Waals surface area (Å²) in [5.74, 6) is 0. The molecule has 0 amide bonds. The van der Waals surface area contributed by atoms with Gasteiger partial charge in [0, 0.05) is 22.9 Å². The summed E-state index contributed by atoms with van der Waals surface area (Å²) in [6, 6.07) is 0.239. The van der Waals surface area contributed by atoms with E-state index in [1.165, 1.54) is 73.6 Å². The highest BCUT2D eigenvalue weighted by molar-refractivity contribution is 7.11. The molecule has 1 aromatic heterocycles. The highest BCUT2D eigenvalue weighted by atomic mass is 32.1. The van der Waals surface area contributed by atoms with Gasteiger partial charge in [0.05, 0.1) is 10.7 Å². The van der Waals surface area contributed by atoms with Crippen LogP contribution in [0.4, 0.5) is 0 Å². The lowest BCUT2D eigenvalue weighted by molar-refractivity contribution is 0.0482. The zero-order valence-electron chi connectivity index (χ0n) is 13.5. The normalized spacial score (nSPS) is 24.3. The zero-order chi connectivity index (χ0) is 14.9. The van der Waals surface area contributed by atoms with Gasteiger partial charge in [-0.3, -0.25) is 4.90 Å². The lowest BCUT2D eigenvalue weighted by Gasteiger charge is -2.47. The lowest BCUT2D eigenvalue weighted by Crippen LogP contribution is -2.60. The molecule has 0 radical (unpaired) electrons. The molecule has 2 aliphatic rings. The van der Waals surface area contributed by atoms with E-state index in [-0.39, 0.29) is 11.6 Å². The fraction of sp³-hybridized carbons (Fsp3) is 0.824. The summed E-state index contributed by atoms with van der Waals surface area (Å²) >= 11 is 1.84. The molecule has 118 valence electrons. The van der Waals surface area contributed by atoms with E-state index in [0.29, 0.717) is 0 Å². The van der Waals surface area contributed by atoms with Crippen molar-refractivity contribution in [2.24, 2.45) is 5.73 Å². The summed E-state index contributed by atoms with van der Waals surface area (Å²) in [6.07, 6.45) is 10.3. The lowest BCUT2D eigenvalue weighted by atomic mass is 9.83. The number of piperidine rings is 1. The van der Waals surface area contributed by atoms with Gasteiger partial charge in [-0.15, -0.1) is 11.3 Å². The number of nitrogens with two attached hydrogens (primary N) is 1. The molecule has 1 atom stereocenters. The maximum absolute atomic E-state index is 6.76. The number of likely N-dealkylation sites (tertiary alicyclic amines) is 1. The highest BCUT2D eigenvalue weighted by Crippen LogP contribution is 2.40. The first-order valence-electron chi connectivity index (χ1n) is 8.55. The van der Waals surface area contributed by atoms with E-state index < -0.39 is 0 Å². The van der Waals surface area contributed by atoms with E-state index in [2.05, 4.69) is 18.7 Å². The maximum Gasteiger partial charge on any atom is 0.0947 e. The summed E-state index contributed by atoms with van der Waals surface area (Å²) in [6.45, 7) is 6.78. The molecule has 1 aliphatic carbocycles. The monoisotopic (exact) mass is 307 g/mol. The van der Waals surface area contributed by atoms with E-state index >= 15 is 0 Å². The van der Waals surface area contributed by atoms with Crippen LogP contribution < -0.4 is 5.73 Å². The minimum absolute atomic E-state index is 0.239. The Morgan fingerprint density at radius 3 is 2.38 bits per heavy atom. The van der Waals surface area contributed by atoms with Gasteiger partial charge >= 0.3 is 0 Å². The Balaban J connectivity index is 1.76. The van der Waals surface area contributed by atoms with Gasteiger partial charge in [-0.05, 0) is 52.6 Å². The molecule has 3 rings (SSSR count). The highest BCUT2D eigenvalue weighted by Gasteiger charge is 2.44. The predicted molar refractivity (Wildman–Crippen MR) is 89.9 cm³/mol. The average molecular weight is 308 g/mol. The van der Waals surface area contributed by atoms with E-state index in [1.807, 2.05) is 11.3 Å². The second-order valence-corrected chi connectivity index (χ2v) is 8.21. The van der Waals surface area contributed by atoms with Gasteiger partial charge in [-0.1, -0.05) is 19.3 Å². The minimum atomic E-state index is 0.239. The third-order valence-electron chi connectivity index (χ3n) is 5.61. The molecule has 1 saturated carbocycles. The van der Waals surface area contributed by atoms with Crippen LogP contribution in [0.2, 0.25) is 0 Å². The third-order valence-corrected chi connectivity index (χ3v) is 6.71. The first-order valence-corrected chi connectivity index (χ1v) is 9.37. The molecule has 1 unspecified atom stereocenters. The van der Waals surface area contributed by atoms with Gasteiger partial charge in [-0.2, -0.15) is 0 Å². The topological polar surface area (TPSA) is 42.1 Å². The Morgan fingerprint density at radius 2 is 1.81 bits per heavy atom. The van der Waals surface area contributed by atoms with Crippen LogP contribution in [-0.4, -0.2) is 34.6 Å². The van der Waals surface area contributed by atoms with Crippen molar-refractivity contribution in [3.63, 3.8) is 0 Å². The van der Waals surface area contributed by atoms with Crippen molar-refractivity contribution in [3.8, 4) is 0 Å². The van der Waals surface area contributed by atoms with Crippen molar-refractivity contribution in [1.29, 1.82) is 0 Å². The fourth-order valence-electron chi connectivity index (χ4n) is 4.25. The molecule has 2 heterocycles. The Labute approximate surface area is 132 Å². The van der Waals surface area contributed by atoms with Crippen LogP contribution in [0, 0.1) is 13.8 Å². The van der Waals surface area contributed by atoms with Crippen molar-refractivity contribution in [2.75, 3.05) is 13.1 Å². The van der Waals surface area contributed by atoms with Gasteiger partial charge < -0.3 is 5.73 Å². The molecule has 4 heteroatoms. The number of thiazole rings is 1. The number of hydrogen-bond acceptors (Lipinski definition) is 4. The standard InChI is InChI=1S/C17H29N3S/c1-13-14(2)21-16(19-13)12-15(18)17(8-4-5-9-17)20-10-6-3-7-11-20/h15H,3-12,18H2,1-2H3. The summed E-state index contributed by atoms with van der Waals surface area (Å²) in [5, 5.41) is 1.24. The van der Waals surface area contributed by atoms with Crippen molar-refractivity contribution in [3.05, 3.63) is 15.6 Å². The van der Waals surface area contributed by atoms with Gasteiger partial charge in [0.2, 0.25) is 0 Å². The molecule has 0 bridgehead atoms. The molecule has 3 nitrogen and oxygen atoms in total. The average Bonchev–Trinajstić information content (AvgIpc) is 3.09. The van der Waals surface area contributed by atoms with E-state index in [0.717, 1.165) is 6.42 Å². The van der Waals surface area contributed by atoms with Crippen LogP contribution in [0.5, 0.6) is 0 Å². The Kier molecular flexibility index (Phi) is 4.67. The van der Waals surface area contributed by atoms with E-state index in [9.17, 15) is 0 Å². The van der Waals surface area contributed by atoms with Crippen molar-refractivity contribution in [2.45, 2.75) is 76.8 Å². The Bertz CT molecular complexity index is 451. The van der Waals surface area contributed by atoms with Crippen molar-refractivity contribution >= 4 is 11.3 Å². The molecular formula is C17H29N3S. The summed E-state index contributed by atoms with van der Waals surface area (Å²) < 4.78 is 0. The Morgan fingerprint density at radius 1 is 1.14 bits per heavy atom. The van der Waals surface area contributed by atoms with E-state index in [1.54, 1.807) is 0 Å². The van der Waals surface area contributed by atoms with Crippen LogP contribution >= 0.6 is 11.3 Å². The van der Waals surface area contributed by atoms with Crippen molar-refractivity contribution in [1.82, 2.24) is 9.88 Å². The molecule has 0 aromatic carbocycles. The number of rotatable bonds is 4. The van der Waals surface area contributed by atoms with Crippen LogP contribution in [0.3, 0.4) is 0 Å². The zero-order valence-corrected chi connectivity index (χ0v) is 14.3. The van der Waals surface area contributed by atoms with Gasteiger partial charge in [0.15, 0.2) is 0 Å². The predicted octanol–water partition coefficient (Wildman–Crippen LogP) is 3.43. The Hall–Kier alpha value is -0.450. The van der Waals surface area contributed by atoms with Crippen molar-refractivity contribution < 1.29 is 0 Å². The van der Waals surface area contributed by atoms with Gasteiger partial charge in [0.1, 0.15) is 0 Å². The molecule has 2 fully saturated rings. The number of aromatic nitrogens is 1. The number of aryl methyl sites for hydroxylation is 2. The molecule has 1 aliphatic heterocycles. The maximum atomic E-state index is 6.76. The van der Waals surface area contributed by atoms with Crippen LogP contribution in [0.1, 0.15) is 60.5 Å². The second kappa shape index (κ2) is 6.35. The first-order chi connectivity index (χ1) is 10.1. The molecular weight excluding hydrogens is 278 g/mol. The summed E-state index contributed by atoms with van der Waals surface area (Å²) in [7, 11) is 0. The molecule has 0 spiro atoms. The number of hydrogen-bond donors (Lipinski definition) is 1. The smallest absolute Gasteiger partial charge is 0.0947 e. The SMILES string of the molecule is Cc1nc(CC(N)C2(N3CCCCC3)CCCC2)sc1C. The minimum Gasteiger partial charge on any atom is -0.326 e. The summed E-state index contributed by atoms with van der Waals surface area (Å²) in [5.41, 5.74) is 8.20. The molecule has 1 aromatic rings. The van der Waals surface area contributed by atoms with Gasteiger partial charge in [-0.25, -0.2) is 4.98 Å². The van der Waals surface area contributed by atoms with Crippen LogP contribution in [0.15, 0.2) is 0 Å². The van der Waals surface area contributed by atoms with Crippen LogP contribution in [-0.2, 0) is 6.42 Å². The van der Waals surface area contributed by atoms with E-state index in [4.69, 9.17) is 10.7 Å². The van der Waals surface area contributed by atoms with Gasteiger partial charge in [0.25, 0.3) is 0 Å². The second-order valence-electron chi connectivity index (χ2n) is 6.92. The fourth-order valence-corrected chi connectivity index (χ4v) is 5.24. The molecule has 21 heavy (non-hydrogen) atoms. The van der Waals surface area contributed by atoms with Crippen LogP contribution in [0.25, 0.3) is 0 Å². The third kappa shape index (κ3) is 3.03. The largest absolute Gasteiger partial charge is 0.326 e. The first kappa shape index (κ1) is 15.4. The molecule has 1 saturated heterocycles. The number of nitrogens with zero attached hydrogens (tertiary/aromatic N) is 2. The molecule has 2 N–H and O–H groups in total.